The molecule has 0 saturated carbocycles. The maximum absolute atomic E-state index is 11.2. The van der Waals surface area contributed by atoms with Gasteiger partial charge in [0.2, 0.25) is 0 Å². The molecule has 1 aliphatic heterocycles. The highest BCUT2D eigenvalue weighted by molar-refractivity contribution is 7.91. The number of hydrogen-bond acceptors (Lipinski definition) is 4. The van der Waals surface area contributed by atoms with Crippen molar-refractivity contribution in [3.63, 3.8) is 0 Å². The van der Waals surface area contributed by atoms with Crippen molar-refractivity contribution in [3.05, 3.63) is 0 Å². The topological polar surface area (TPSA) is 63.6 Å². The molecule has 0 bridgehead atoms. The zero-order valence-corrected chi connectivity index (χ0v) is 10.4. The van der Waals surface area contributed by atoms with Crippen LogP contribution in [0.3, 0.4) is 0 Å². The first-order valence-electron chi connectivity index (χ1n) is 5.16. The van der Waals surface area contributed by atoms with E-state index in [2.05, 4.69) is 0 Å². The van der Waals surface area contributed by atoms with Crippen molar-refractivity contribution in [1.29, 1.82) is 0 Å². The smallest absolute Gasteiger partial charge is 0.153 e. The van der Waals surface area contributed by atoms with Crippen LogP contribution in [0.5, 0.6) is 0 Å². The number of aliphatic hydroxyl groups is 1. The van der Waals surface area contributed by atoms with Crippen molar-refractivity contribution in [2.45, 2.75) is 44.3 Å². The van der Waals surface area contributed by atoms with Crippen molar-refractivity contribution in [2.24, 2.45) is 0 Å². The van der Waals surface area contributed by atoms with Gasteiger partial charge in [0.1, 0.15) is 0 Å². The van der Waals surface area contributed by atoms with Crippen LogP contribution < -0.4 is 0 Å². The van der Waals surface area contributed by atoms with E-state index in [0.717, 1.165) is 0 Å². The quantitative estimate of drug-likeness (QED) is 0.782. The van der Waals surface area contributed by atoms with E-state index in [0.29, 0.717) is 19.3 Å². The predicted molar refractivity (Wildman–Crippen MR) is 58.5 cm³/mol. The summed E-state index contributed by atoms with van der Waals surface area (Å²) in [5.41, 5.74) is -1.34. The molecule has 0 aromatic rings. The van der Waals surface area contributed by atoms with Gasteiger partial charge in [-0.1, -0.05) is 0 Å². The molecule has 0 amide bonds. The Hall–Kier alpha value is -0.130. The molecule has 1 N–H and O–H groups in total. The summed E-state index contributed by atoms with van der Waals surface area (Å²) >= 11 is 0. The first-order valence-corrected chi connectivity index (χ1v) is 6.98. The fourth-order valence-corrected chi connectivity index (χ4v) is 3.67. The third kappa shape index (κ3) is 3.74. The molecule has 0 spiro atoms. The SMILES string of the molecule is COC(C)(C)CCC1(O)CCS(=O)(=O)C1. The minimum Gasteiger partial charge on any atom is -0.389 e. The Bertz CT molecular complexity index is 320. The second-order valence-corrected chi connectivity index (χ2v) is 7.21. The lowest BCUT2D eigenvalue weighted by atomic mass is 9.91. The molecule has 1 fully saturated rings. The largest absolute Gasteiger partial charge is 0.389 e. The maximum Gasteiger partial charge on any atom is 0.153 e. The molecule has 0 aromatic heterocycles. The van der Waals surface area contributed by atoms with E-state index < -0.39 is 15.4 Å². The Balaban J connectivity index is 2.53. The number of sulfone groups is 1. The number of ether oxygens (including phenoxy) is 1. The monoisotopic (exact) mass is 236 g/mol. The molecule has 15 heavy (non-hydrogen) atoms. The molecule has 1 aliphatic rings. The zero-order valence-electron chi connectivity index (χ0n) is 9.62. The van der Waals surface area contributed by atoms with Crippen LogP contribution in [0.4, 0.5) is 0 Å². The average Bonchev–Trinajstić information content (AvgIpc) is 2.39. The molecule has 0 radical (unpaired) electrons. The lowest BCUT2D eigenvalue weighted by Gasteiger charge is -2.28. The molecule has 0 aliphatic carbocycles. The summed E-state index contributed by atoms with van der Waals surface area (Å²) < 4.78 is 27.7. The van der Waals surface area contributed by atoms with Crippen LogP contribution >= 0.6 is 0 Å². The first kappa shape index (κ1) is 12.9. The van der Waals surface area contributed by atoms with E-state index in [4.69, 9.17) is 4.74 Å². The summed E-state index contributed by atoms with van der Waals surface area (Å²) in [6, 6.07) is 0. The Kier molecular flexibility index (Phi) is 3.48. The van der Waals surface area contributed by atoms with Crippen LogP contribution in [0.2, 0.25) is 0 Å². The van der Waals surface area contributed by atoms with Crippen molar-refractivity contribution in [3.8, 4) is 0 Å². The summed E-state index contributed by atoms with van der Waals surface area (Å²) in [6.45, 7) is 3.86. The first-order chi connectivity index (χ1) is 6.68. The van der Waals surface area contributed by atoms with Crippen LogP contribution in [0.25, 0.3) is 0 Å². The predicted octanol–water partition coefficient (Wildman–Crippen LogP) is 0.741. The van der Waals surface area contributed by atoms with Crippen molar-refractivity contribution in [1.82, 2.24) is 0 Å². The van der Waals surface area contributed by atoms with E-state index in [-0.39, 0.29) is 17.1 Å². The minimum absolute atomic E-state index is 0.0974. The molecule has 4 nitrogen and oxygen atoms in total. The van der Waals surface area contributed by atoms with Gasteiger partial charge < -0.3 is 9.84 Å². The molecule has 0 aromatic carbocycles. The highest BCUT2D eigenvalue weighted by atomic mass is 32.2. The minimum atomic E-state index is -3.02. The van der Waals surface area contributed by atoms with Crippen LogP contribution in [0.15, 0.2) is 0 Å². The molecule has 1 rings (SSSR count). The second kappa shape index (κ2) is 4.03. The Morgan fingerprint density at radius 3 is 2.47 bits per heavy atom. The van der Waals surface area contributed by atoms with Crippen molar-refractivity contribution in [2.75, 3.05) is 18.6 Å². The number of hydrogen-bond donors (Lipinski definition) is 1. The van der Waals surface area contributed by atoms with Gasteiger partial charge in [-0.15, -0.1) is 0 Å². The Morgan fingerprint density at radius 1 is 1.47 bits per heavy atom. The number of rotatable bonds is 4. The lowest BCUT2D eigenvalue weighted by molar-refractivity contribution is -0.0165. The van der Waals surface area contributed by atoms with Gasteiger partial charge in [0.05, 0.1) is 22.7 Å². The summed E-state index contributed by atoms with van der Waals surface area (Å²) in [5, 5.41) is 10.1. The fraction of sp³-hybridized carbons (Fsp3) is 1.00. The standard InChI is InChI=1S/C10H20O4S/c1-9(2,14-3)4-5-10(11)6-7-15(12,13)8-10/h11H,4-8H2,1-3H3. The highest BCUT2D eigenvalue weighted by Gasteiger charge is 2.41. The summed E-state index contributed by atoms with van der Waals surface area (Å²) in [4.78, 5) is 0. The average molecular weight is 236 g/mol. The van der Waals surface area contributed by atoms with Gasteiger partial charge in [-0.3, -0.25) is 0 Å². The maximum atomic E-state index is 11.2. The van der Waals surface area contributed by atoms with E-state index in [1.165, 1.54) is 0 Å². The molecule has 1 saturated heterocycles. The molecule has 5 heteroatoms. The molecule has 1 heterocycles. The molecular formula is C10H20O4S. The summed E-state index contributed by atoms with van der Waals surface area (Å²) in [6.07, 6.45) is 1.50. The third-order valence-corrected chi connectivity index (χ3v) is 4.92. The van der Waals surface area contributed by atoms with E-state index in [9.17, 15) is 13.5 Å². The fourth-order valence-electron chi connectivity index (χ4n) is 1.73. The van der Waals surface area contributed by atoms with E-state index in [1.54, 1.807) is 7.11 Å². The van der Waals surface area contributed by atoms with E-state index in [1.807, 2.05) is 13.8 Å². The third-order valence-electron chi connectivity index (χ3n) is 3.11. The van der Waals surface area contributed by atoms with Gasteiger partial charge in [0, 0.05) is 7.11 Å². The normalized spacial score (nSPS) is 30.7. The van der Waals surface area contributed by atoms with Crippen LogP contribution in [-0.4, -0.2) is 43.3 Å². The summed E-state index contributed by atoms with van der Waals surface area (Å²) in [7, 11) is -1.40. The van der Waals surface area contributed by atoms with Gasteiger partial charge >= 0.3 is 0 Å². The Labute approximate surface area is 91.6 Å². The molecule has 1 unspecified atom stereocenters. The van der Waals surface area contributed by atoms with Gasteiger partial charge in [-0.2, -0.15) is 0 Å². The molecular weight excluding hydrogens is 216 g/mol. The molecule has 1 atom stereocenters. The lowest BCUT2D eigenvalue weighted by Crippen LogP contribution is -2.34. The molecule has 90 valence electrons. The Morgan fingerprint density at radius 2 is 2.07 bits per heavy atom. The van der Waals surface area contributed by atoms with Crippen molar-refractivity contribution < 1.29 is 18.3 Å². The van der Waals surface area contributed by atoms with Crippen LogP contribution in [0, 0.1) is 0 Å². The van der Waals surface area contributed by atoms with Gasteiger partial charge in [0.25, 0.3) is 0 Å². The zero-order chi connectivity index (χ0) is 11.7. The van der Waals surface area contributed by atoms with E-state index >= 15 is 0 Å². The second-order valence-electron chi connectivity index (χ2n) is 5.03. The number of methoxy groups -OCH3 is 1. The van der Waals surface area contributed by atoms with Crippen LogP contribution in [0.1, 0.15) is 33.1 Å². The summed E-state index contributed by atoms with van der Waals surface area (Å²) in [5.74, 6) is 0.0106. The van der Waals surface area contributed by atoms with Gasteiger partial charge in [-0.25, -0.2) is 8.42 Å². The highest BCUT2D eigenvalue weighted by Crippen LogP contribution is 2.30. The van der Waals surface area contributed by atoms with Crippen LogP contribution in [-0.2, 0) is 14.6 Å². The van der Waals surface area contributed by atoms with Crippen molar-refractivity contribution >= 4 is 9.84 Å². The van der Waals surface area contributed by atoms with Gasteiger partial charge in [-0.05, 0) is 33.1 Å². The van der Waals surface area contributed by atoms with Gasteiger partial charge in [0.15, 0.2) is 9.84 Å².